The van der Waals surface area contributed by atoms with Crippen LogP contribution >= 0.6 is 0 Å². The maximum absolute atomic E-state index is 10.3. The van der Waals surface area contributed by atoms with Crippen molar-refractivity contribution in [2.45, 2.75) is 59.8 Å². The van der Waals surface area contributed by atoms with Crippen LogP contribution in [0.4, 0.5) is 10.5 Å². The van der Waals surface area contributed by atoms with Gasteiger partial charge in [-0.15, -0.1) is 0 Å². The minimum Gasteiger partial charge on any atom is -0.465 e. The molecule has 0 aromatic heterocycles. The Morgan fingerprint density at radius 1 is 1.11 bits per heavy atom. The molecule has 0 saturated carbocycles. The maximum Gasteiger partial charge on any atom is 0.409 e. The smallest absolute Gasteiger partial charge is 0.409 e. The summed E-state index contributed by atoms with van der Waals surface area (Å²) in [5.74, 6) is 0. The van der Waals surface area contributed by atoms with Crippen LogP contribution in [-0.2, 0) is 0 Å². The fourth-order valence-corrected chi connectivity index (χ4v) is 1.68. The molecule has 0 radical (unpaired) electrons. The summed E-state index contributed by atoms with van der Waals surface area (Å²) in [5.41, 5.74) is 2.71. The number of nitrogens with one attached hydrogen (secondary N) is 1. The number of hydrogen-bond acceptors (Lipinski definition) is 1. The highest BCUT2D eigenvalue weighted by Gasteiger charge is 2.02. The van der Waals surface area contributed by atoms with Gasteiger partial charge < -0.3 is 5.11 Å². The summed E-state index contributed by atoms with van der Waals surface area (Å²) >= 11 is 0. The molecule has 1 rings (SSSR count). The van der Waals surface area contributed by atoms with Crippen molar-refractivity contribution in [1.29, 1.82) is 0 Å². The van der Waals surface area contributed by atoms with Crippen molar-refractivity contribution < 1.29 is 9.90 Å². The second-order valence-corrected chi connectivity index (χ2v) is 4.74. The highest BCUT2D eigenvalue weighted by Crippen LogP contribution is 2.17. The van der Waals surface area contributed by atoms with Gasteiger partial charge >= 0.3 is 6.09 Å². The van der Waals surface area contributed by atoms with E-state index < -0.39 is 6.09 Å². The predicted molar refractivity (Wildman–Crippen MR) is 82.0 cm³/mol. The van der Waals surface area contributed by atoms with Crippen molar-refractivity contribution in [3.8, 4) is 0 Å². The maximum atomic E-state index is 10.3. The van der Waals surface area contributed by atoms with Crippen molar-refractivity contribution in [3.63, 3.8) is 0 Å². The minimum absolute atomic E-state index is 0.655. The lowest BCUT2D eigenvalue weighted by Crippen LogP contribution is -2.08. The molecule has 0 fully saturated rings. The van der Waals surface area contributed by atoms with E-state index >= 15 is 0 Å². The number of benzene rings is 1. The predicted octanol–water partition coefficient (Wildman–Crippen LogP) is 5.37. The number of carbonyl (C=O) groups is 1. The summed E-state index contributed by atoms with van der Waals surface area (Å²) in [6.45, 7) is 8.33. The summed E-state index contributed by atoms with van der Waals surface area (Å²) in [6, 6.07) is 5.52. The summed E-state index contributed by atoms with van der Waals surface area (Å²) in [6.07, 6.45) is 5.98. The Labute approximate surface area is 117 Å². The first-order valence-electron chi connectivity index (χ1n) is 7.09. The molecule has 0 atom stereocenters. The lowest BCUT2D eigenvalue weighted by Gasteiger charge is -2.06. The lowest BCUT2D eigenvalue weighted by molar-refractivity contribution is 0.209. The molecule has 0 unspecified atom stereocenters. The van der Waals surface area contributed by atoms with Gasteiger partial charge in [0.1, 0.15) is 0 Å². The molecule has 3 nitrogen and oxygen atoms in total. The third-order valence-electron chi connectivity index (χ3n) is 3.05. The zero-order valence-corrected chi connectivity index (χ0v) is 12.6. The molecule has 1 amide bonds. The van der Waals surface area contributed by atoms with Gasteiger partial charge in [-0.1, -0.05) is 58.1 Å². The van der Waals surface area contributed by atoms with Crippen molar-refractivity contribution in [1.82, 2.24) is 0 Å². The SMILES string of the molecule is CCCCCCC.Cc1cccc(NC(=O)O)c1C. The zero-order valence-electron chi connectivity index (χ0n) is 12.6. The molecular formula is C16H27NO2. The number of carboxylic acid groups (broad SMARTS) is 1. The fourth-order valence-electron chi connectivity index (χ4n) is 1.68. The highest BCUT2D eigenvalue weighted by atomic mass is 16.4. The number of aryl methyl sites for hydroxylation is 1. The van der Waals surface area contributed by atoms with Crippen molar-refractivity contribution in [2.24, 2.45) is 0 Å². The van der Waals surface area contributed by atoms with Crippen molar-refractivity contribution in [2.75, 3.05) is 5.32 Å². The quantitative estimate of drug-likeness (QED) is 0.703. The van der Waals surface area contributed by atoms with Crippen LogP contribution in [0, 0.1) is 13.8 Å². The first-order chi connectivity index (χ1) is 9.02. The molecule has 2 N–H and O–H groups in total. The highest BCUT2D eigenvalue weighted by molar-refractivity contribution is 5.84. The zero-order chi connectivity index (χ0) is 14.7. The van der Waals surface area contributed by atoms with Gasteiger partial charge in [-0.05, 0) is 31.0 Å². The van der Waals surface area contributed by atoms with Crippen LogP contribution in [0.5, 0.6) is 0 Å². The number of hydrogen-bond donors (Lipinski definition) is 2. The second-order valence-electron chi connectivity index (χ2n) is 4.74. The summed E-state index contributed by atoms with van der Waals surface area (Å²) in [5, 5.41) is 10.8. The molecule has 0 saturated heterocycles. The standard InChI is InChI=1S/C9H11NO2.C7H16/c1-6-4-3-5-8(7(6)2)10-9(11)12;1-3-5-7-6-4-2/h3-5,10H,1-2H3,(H,11,12);3-7H2,1-2H3. The van der Waals surface area contributed by atoms with Gasteiger partial charge in [-0.3, -0.25) is 5.32 Å². The van der Waals surface area contributed by atoms with E-state index in [-0.39, 0.29) is 0 Å². The first kappa shape index (κ1) is 17.5. The minimum atomic E-state index is -1.02. The van der Waals surface area contributed by atoms with Crippen LogP contribution in [-0.4, -0.2) is 11.2 Å². The second kappa shape index (κ2) is 10.4. The Kier molecular flexibility index (Phi) is 9.59. The van der Waals surface area contributed by atoms with Crippen LogP contribution in [0.3, 0.4) is 0 Å². The van der Waals surface area contributed by atoms with E-state index in [1.807, 2.05) is 26.0 Å². The molecule has 108 valence electrons. The largest absolute Gasteiger partial charge is 0.465 e. The number of unbranched alkanes of at least 4 members (excludes halogenated alkanes) is 4. The molecule has 3 heteroatoms. The van der Waals surface area contributed by atoms with Gasteiger partial charge in [0, 0.05) is 5.69 Å². The van der Waals surface area contributed by atoms with Crippen LogP contribution in [0.1, 0.15) is 57.1 Å². The molecule has 19 heavy (non-hydrogen) atoms. The summed E-state index contributed by atoms with van der Waals surface area (Å²) < 4.78 is 0. The average molecular weight is 265 g/mol. The van der Waals surface area contributed by atoms with Crippen LogP contribution < -0.4 is 5.32 Å². The van der Waals surface area contributed by atoms with Gasteiger partial charge in [0.15, 0.2) is 0 Å². The first-order valence-corrected chi connectivity index (χ1v) is 7.09. The molecular weight excluding hydrogens is 238 g/mol. The molecule has 0 aliphatic rings. The van der Waals surface area contributed by atoms with Gasteiger partial charge in [-0.2, -0.15) is 0 Å². The van der Waals surface area contributed by atoms with Crippen LogP contribution in [0.2, 0.25) is 0 Å². The molecule has 0 heterocycles. The average Bonchev–Trinajstić information content (AvgIpc) is 2.36. The van der Waals surface area contributed by atoms with Gasteiger partial charge in [0.25, 0.3) is 0 Å². The van der Waals surface area contributed by atoms with E-state index in [1.54, 1.807) is 6.07 Å². The Bertz CT molecular complexity index is 371. The topological polar surface area (TPSA) is 49.3 Å². The van der Waals surface area contributed by atoms with E-state index in [9.17, 15) is 4.79 Å². The molecule has 1 aromatic rings. The van der Waals surface area contributed by atoms with Crippen LogP contribution in [0.25, 0.3) is 0 Å². The van der Waals surface area contributed by atoms with E-state index in [2.05, 4.69) is 19.2 Å². The Morgan fingerprint density at radius 2 is 1.68 bits per heavy atom. The fraction of sp³-hybridized carbons (Fsp3) is 0.562. The van der Waals surface area contributed by atoms with Gasteiger partial charge in [-0.25, -0.2) is 4.79 Å². The molecule has 0 aliphatic carbocycles. The lowest BCUT2D eigenvalue weighted by atomic mass is 10.1. The normalized spacial score (nSPS) is 9.47. The monoisotopic (exact) mass is 265 g/mol. The van der Waals surface area contributed by atoms with E-state index in [0.717, 1.165) is 11.1 Å². The van der Waals surface area contributed by atoms with E-state index in [0.29, 0.717) is 5.69 Å². The van der Waals surface area contributed by atoms with Crippen molar-refractivity contribution >= 4 is 11.8 Å². The Balaban J connectivity index is 0.000000399. The van der Waals surface area contributed by atoms with E-state index in [1.165, 1.54) is 32.1 Å². The number of rotatable bonds is 5. The molecule has 0 spiro atoms. The van der Waals surface area contributed by atoms with E-state index in [4.69, 9.17) is 5.11 Å². The summed E-state index contributed by atoms with van der Waals surface area (Å²) in [4.78, 5) is 10.3. The molecule has 0 aliphatic heterocycles. The van der Waals surface area contributed by atoms with Crippen LogP contribution in [0.15, 0.2) is 18.2 Å². The number of amides is 1. The summed E-state index contributed by atoms with van der Waals surface area (Å²) in [7, 11) is 0. The van der Waals surface area contributed by atoms with Gasteiger partial charge in [0.2, 0.25) is 0 Å². The molecule has 0 bridgehead atoms. The van der Waals surface area contributed by atoms with Crippen molar-refractivity contribution in [3.05, 3.63) is 29.3 Å². The third-order valence-corrected chi connectivity index (χ3v) is 3.05. The Morgan fingerprint density at radius 3 is 2.16 bits per heavy atom. The Hall–Kier alpha value is -1.51. The molecule has 1 aromatic carbocycles. The number of anilines is 1. The third kappa shape index (κ3) is 8.25. The van der Waals surface area contributed by atoms with Gasteiger partial charge in [0.05, 0.1) is 0 Å².